The molecule has 0 saturated heterocycles. The van der Waals surface area contributed by atoms with Gasteiger partial charge in [0, 0.05) is 31.9 Å². The topological polar surface area (TPSA) is 79.7 Å². The monoisotopic (exact) mass is 287 g/mol. The average Bonchev–Trinajstić information content (AvgIpc) is 2.90. The van der Waals surface area contributed by atoms with Crippen LogP contribution in [0, 0.1) is 0 Å². The number of benzene rings is 1. The zero-order valence-corrected chi connectivity index (χ0v) is 12.4. The summed E-state index contributed by atoms with van der Waals surface area (Å²) >= 11 is 0. The summed E-state index contributed by atoms with van der Waals surface area (Å²) in [5.41, 5.74) is 8.70. The third kappa shape index (κ3) is 4.32. The van der Waals surface area contributed by atoms with Crippen molar-refractivity contribution in [3.8, 4) is 0 Å². The van der Waals surface area contributed by atoms with E-state index in [0.29, 0.717) is 0 Å². The van der Waals surface area contributed by atoms with Crippen molar-refractivity contribution >= 4 is 5.84 Å². The number of hydrogen-bond donors (Lipinski definition) is 2. The Morgan fingerprint density at radius 1 is 1.43 bits per heavy atom. The Bertz CT molecular complexity index is 620. The number of nitrogens with zero attached hydrogens (tertiary/aromatic N) is 4. The molecule has 2 rings (SSSR count). The van der Waals surface area contributed by atoms with Crippen molar-refractivity contribution in [1.82, 2.24) is 14.7 Å². The molecule has 0 aliphatic rings. The molecule has 1 aromatic heterocycles. The minimum atomic E-state index is 0.134. The molecule has 0 spiro atoms. The number of amidine groups is 1. The summed E-state index contributed by atoms with van der Waals surface area (Å²) in [6, 6.07) is 7.72. The molecule has 0 bridgehead atoms. The molecular weight excluding hydrogens is 266 g/mol. The van der Waals surface area contributed by atoms with Crippen LogP contribution in [0.25, 0.3) is 0 Å². The first-order valence-electron chi connectivity index (χ1n) is 6.81. The smallest absolute Gasteiger partial charge is 0.170 e. The maximum Gasteiger partial charge on any atom is 0.170 e. The second-order valence-corrected chi connectivity index (χ2v) is 5.20. The zero-order valence-electron chi connectivity index (χ0n) is 12.4. The fourth-order valence-electron chi connectivity index (χ4n) is 2.20. The quantitative estimate of drug-likeness (QED) is 0.362. The first-order valence-corrected chi connectivity index (χ1v) is 6.81. The predicted octanol–water partition coefficient (Wildman–Crippen LogP) is 1.19. The number of aromatic nitrogens is 2. The maximum atomic E-state index is 8.72. The van der Waals surface area contributed by atoms with Gasteiger partial charge in [0.05, 0.1) is 6.20 Å². The first kappa shape index (κ1) is 15.1. The molecule has 0 aliphatic heterocycles. The van der Waals surface area contributed by atoms with Gasteiger partial charge in [-0.15, -0.1) is 0 Å². The molecule has 0 atom stereocenters. The standard InChI is InChI=1S/C15H21N5O/c1-19(7-6-13-9-17-20(2)11-13)10-12-4-3-5-14(8-12)15(16)18-21/h3-5,8-9,11,21H,6-7,10H2,1-2H3,(H2,16,18). The van der Waals surface area contributed by atoms with Crippen LogP contribution in [-0.4, -0.2) is 39.3 Å². The van der Waals surface area contributed by atoms with Gasteiger partial charge < -0.3 is 15.8 Å². The van der Waals surface area contributed by atoms with Gasteiger partial charge in [0.2, 0.25) is 0 Å². The van der Waals surface area contributed by atoms with Crippen molar-refractivity contribution in [3.05, 3.63) is 53.3 Å². The highest BCUT2D eigenvalue weighted by molar-refractivity contribution is 5.97. The van der Waals surface area contributed by atoms with Crippen LogP contribution in [0.4, 0.5) is 0 Å². The molecular formula is C15H21N5O. The lowest BCUT2D eigenvalue weighted by Gasteiger charge is -2.16. The van der Waals surface area contributed by atoms with Crippen LogP contribution in [0.15, 0.2) is 41.8 Å². The van der Waals surface area contributed by atoms with E-state index in [-0.39, 0.29) is 5.84 Å². The highest BCUT2D eigenvalue weighted by Crippen LogP contribution is 2.08. The first-order chi connectivity index (χ1) is 10.1. The van der Waals surface area contributed by atoms with Crippen LogP contribution in [-0.2, 0) is 20.0 Å². The van der Waals surface area contributed by atoms with E-state index in [4.69, 9.17) is 10.9 Å². The second kappa shape index (κ2) is 6.90. The molecule has 0 unspecified atom stereocenters. The van der Waals surface area contributed by atoms with E-state index in [1.165, 1.54) is 5.56 Å². The number of rotatable bonds is 6. The fourth-order valence-corrected chi connectivity index (χ4v) is 2.20. The molecule has 6 heteroatoms. The Kier molecular flexibility index (Phi) is 4.94. The molecule has 0 aliphatic carbocycles. The molecule has 6 nitrogen and oxygen atoms in total. The van der Waals surface area contributed by atoms with Gasteiger partial charge in [-0.2, -0.15) is 5.10 Å². The van der Waals surface area contributed by atoms with Crippen molar-refractivity contribution < 1.29 is 5.21 Å². The molecule has 3 N–H and O–H groups in total. The number of oxime groups is 1. The molecule has 0 saturated carbocycles. The Balaban J connectivity index is 1.91. The van der Waals surface area contributed by atoms with Gasteiger partial charge in [0.25, 0.3) is 0 Å². The van der Waals surface area contributed by atoms with Crippen LogP contribution in [0.5, 0.6) is 0 Å². The van der Waals surface area contributed by atoms with Crippen molar-refractivity contribution in [2.75, 3.05) is 13.6 Å². The van der Waals surface area contributed by atoms with Gasteiger partial charge in [-0.05, 0) is 30.7 Å². The van der Waals surface area contributed by atoms with E-state index in [1.54, 1.807) is 0 Å². The van der Waals surface area contributed by atoms with Crippen LogP contribution in [0.1, 0.15) is 16.7 Å². The van der Waals surface area contributed by atoms with Crippen LogP contribution >= 0.6 is 0 Å². The Hall–Kier alpha value is -2.34. The van der Waals surface area contributed by atoms with Gasteiger partial charge in [-0.3, -0.25) is 4.68 Å². The third-order valence-electron chi connectivity index (χ3n) is 3.32. The molecule has 0 fully saturated rings. The summed E-state index contributed by atoms with van der Waals surface area (Å²) in [5, 5.41) is 15.9. The normalized spacial score (nSPS) is 12.0. The van der Waals surface area contributed by atoms with E-state index in [2.05, 4.69) is 22.2 Å². The summed E-state index contributed by atoms with van der Waals surface area (Å²) in [7, 11) is 4.00. The van der Waals surface area contributed by atoms with Crippen molar-refractivity contribution in [2.24, 2.45) is 17.9 Å². The highest BCUT2D eigenvalue weighted by Gasteiger charge is 2.05. The Morgan fingerprint density at radius 3 is 2.90 bits per heavy atom. The van der Waals surface area contributed by atoms with E-state index >= 15 is 0 Å². The zero-order chi connectivity index (χ0) is 15.2. The van der Waals surface area contributed by atoms with Gasteiger partial charge in [-0.25, -0.2) is 0 Å². The second-order valence-electron chi connectivity index (χ2n) is 5.20. The number of likely N-dealkylation sites (N-methyl/N-ethyl adjacent to an activating group) is 1. The highest BCUT2D eigenvalue weighted by atomic mass is 16.4. The van der Waals surface area contributed by atoms with E-state index in [0.717, 1.165) is 30.6 Å². The van der Waals surface area contributed by atoms with Crippen LogP contribution in [0.2, 0.25) is 0 Å². The number of hydrogen-bond acceptors (Lipinski definition) is 4. The average molecular weight is 287 g/mol. The molecule has 2 aromatic rings. The molecule has 112 valence electrons. The number of aryl methyl sites for hydroxylation is 1. The van der Waals surface area contributed by atoms with Crippen molar-refractivity contribution in [1.29, 1.82) is 0 Å². The van der Waals surface area contributed by atoms with Gasteiger partial charge in [0.1, 0.15) is 0 Å². The van der Waals surface area contributed by atoms with Gasteiger partial charge >= 0.3 is 0 Å². The molecule has 1 heterocycles. The maximum absolute atomic E-state index is 8.72. The molecule has 0 radical (unpaired) electrons. The minimum absolute atomic E-state index is 0.134. The lowest BCUT2D eigenvalue weighted by Crippen LogP contribution is -2.21. The molecule has 0 amide bonds. The molecule has 21 heavy (non-hydrogen) atoms. The largest absolute Gasteiger partial charge is 0.409 e. The Labute approximate surface area is 124 Å². The SMILES string of the molecule is CN(CCc1cnn(C)c1)Cc1cccc(/C(N)=N/O)c1. The predicted molar refractivity (Wildman–Crippen MR) is 82.2 cm³/mol. The van der Waals surface area contributed by atoms with E-state index in [1.807, 2.05) is 48.4 Å². The van der Waals surface area contributed by atoms with E-state index < -0.39 is 0 Å². The molecule has 1 aromatic carbocycles. The summed E-state index contributed by atoms with van der Waals surface area (Å²) in [6.45, 7) is 1.76. The van der Waals surface area contributed by atoms with E-state index in [9.17, 15) is 0 Å². The van der Waals surface area contributed by atoms with Gasteiger partial charge in [0.15, 0.2) is 5.84 Å². The summed E-state index contributed by atoms with van der Waals surface area (Å²) in [6.07, 6.45) is 4.89. The van der Waals surface area contributed by atoms with Crippen molar-refractivity contribution in [2.45, 2.75) is 13.0 Å². The summed E-state index contributed by atoms with van der Waals surface area (Å²) < 4.78 is 1.82. The van der Waals surface area contributed by atoms with Gasteiger partial charge in [-0.1, -0.05) is 23.4 Å². The third-order valence-corrected chi connectivity index (χ3v) is 3.32. The van der Waals surface area contributed by atoms with Crippen LogP contribution in [0.3, 0.4) is 0 Å². The fraction of sp³-hybridized carbons (Fsp3) is 0.333. The minimum Gasteiger partial charge on any atom is -0.409 e. The summed E-state index contributed by atoms with van der Waals surface area (Å²) in [4.78, 5) is 2.23. The van der Waals surface area contributed by atoms with Crippen LogP contribution < -0.4 is 5.73 Å². The summed E-state index contributed by atoms with van der Waals surface area (Å²) in [5.74, 6) is 0.134. The van der Waals surface area contributed by atoms with Crippen molar-refractivity contribution in [3.63, 3.8) is 0 Å². The number of nitrogens with two attached hydrogens (primary N) is 1. The Morgan fingerprint density at radius 2 is 2.24 bits per heavy atom. The lowest BCUT2D eigenvalue weighted by molar-refractivity contribution is 0.318. The lowest BCUT2D eigenvalue weighted by atomic mass is 10.1.